The number of alkyl halides is 3. The maximum atomic E-state index is 12.9. The molecule has 1 N–H and O–H groups in total. The number of hydrogen-bond donors (Lipinski definition) is 1. The van der Waals surface area contributed by atoms with Crippen molar-refractivity contribution < 1.29 is 17.9 Å². The van der Waals surface area contributed by atoms with Crippen LogP contribution in [0.2, 0.25) is 0 Å². The lowest BCUT2D eigenvalue weighted by Gasteiger charge is -2.16. The van der Waals surface area contributed by atoms with Crippen LogP contribution in [-0.2, 0) is 12.7 Å². The minimum atomic E-state index is -4.37. The maximum absolute atomic E-state index is 12.9. The van der Waals surface area contributed by atoms with Gasteiger partial charge in [0.25, 0.3) is 0 Å². The van der Waals surface area contributed by atoms with Crippen molar-refractivity contribution >= 4 is 5.69 Å². The van der Waals surface area contributed by atoms with E-state index in [2.05, 4.69) is 5.32 Å². The number of para-hydroxylation sites is 1. The molecule has 0 saturated heterocycles. The Hall–Kier alpha value is -2.17. The minimum absolute atomic E-state index is 0.0635. The normalized spacial score (nSPS) is 11.3. The van der Waals surface area contributed by atoms with Crippen molar-refractivity contribution in [3.05, 3.63) is 59.2 Å². The van der Waals surface area contributed by atoms with Crippen LogP contribution < -0.4 is 10.1 Å². The van der Waals surface area contributed by atoms with E-state index in [0.29, 0.717) is 5.75 Å². The second-order valence-corrected chi connectivity index (χ2v) is 4.71. The molecule has 2 aromatic rings. The molecule has 0 bridgehead atoms. The molecule has 21 heavy (non-hydrogen) atoms. The number of nitrogens with one attached hydrogen (secondary N) is 1. The van der Waals surface area contributed by atoms with Crippen molar-refractivity contribution in [2.75, 3.05) is 12.4 Å². The maximum Gasteiger partial charge on any atom is 0.418 e. The highest BCUT2D eigenvalue weighted by Gasteiger charge is 2.33. The topological polar surface area (TPSA) is 21.3 Å². The molecular weight excluding hydrogens is 279 g/mol. The Balaban J connectivity index is 2.23. The number of rotatable bonds is 4. The molecule has 112 valence electrons. The molecule has 0 unspecified atom stereocenters. The van der Waals surface area contributed by atoms with Crippen LogP contribution in [-0.4, -0.2) is 7.11 Å². The van der Waals surface area contributed by atoms with Gasteiger partial charge in [0, 0.05) is 17.8 Å². The van der Waals surface area contributed by atoms with Gasteiger partial charge in [-0.1, -0.05) is 29.8 Å². The fourth-order valence-corrected chi connectivity index (χ4v) is 2.12. The van der Waals surface area contributed by atoms with Crippen molar-refractivity contribution in [3.63, 3.8) is 0 Å². The van der Waals surface area contributed by atoms with Gasteiger partial charge in [0.1, 0.15) is 5.75 Å². The molecule has 0 aliphatic heterocycles. The first-order chi connectivity index (χ1) is 9.91. The molecule has 0 spiro atoms. The Labute approximate surface area is 121 Å². The Morgan fingerprint density at radius 3 is 2.48 bits per heavy atom. The van der Waals surface area contributed by atoms with Gasteiger partial charge in [0.05, 0.1) is 12.7 Å². The third kappa shape index (κ3) is 3.68. The van der Waals surface area contributed by atoms with Crippen LogP contribution in [0.1, 0.15) is 16.7 Å². The number of benzene rings is 2. The second-order valence-electron chi connectivity index (χ2n) is 4.71. The van der Waals surface area contributed by atoms with Crippen LogP contribution in [0, 0.1) is 6.92 Å². The van der Waals surface area contributed by atoms with Crippen LogP contribution >= 0.6 is 0 Å². The first-order valence-corrected chi connectivity index (χ1v) is 6.45. The summed E-state index contributed by atoms with van der Waals surface area (Å²) in [6.07, 6.45) is -4.37. The quantitative estimate of drug-likeness (QED) is 0.887. The van der Waals surface area contributed by atoms with Gasteiger partial charge in [-0.05, 0) is 25.1 Å². The summed E-state index contributed by atoms with van der Waals surface area (Å²) in [6, 6.07) is 11.0. The van der Waals surface area contributed by atoms with Crippen molar-refractivity contribution in [2.45, 2.75) is 19.6 Å². The van der Waals surface area contributed by atoms with Crippen molar-refractivity contribution in [2.24, 2.45) is 0 Å². The van der Waals surface area contributed by atoms with Gasteiger partial charge in [-0.3, -0.25) is 0 Å². The third-order valence-corrected chi connectivity index (χ3v) is 3.14. The summed E-state index contributed by atoms with van der Waals surface area (Å²) >= 11 is 0. The Kier molecular flexibility index (Phi) is 4.40. The first kappa shape index (κ1) is 15.2. The highest BCUT2D eigenvalue weighted by molar-refractivity contribution is 5.53. The predicted molar refractivity (Wildman–Crippen MR) is 76.5 cm³/mol. The van der Waals surface area contributed by atoms with Crippen molar-refractivity contribution in [3.8, 4) is 5.75 Å². The third-order valence-electron chi connectivity index (χ3n) is 3.14. The number of ether oxygens (including phenoxy) is 1. The fraction of sp³-hybridized carbons (Fsp3) is 0.250. The zero-order chi connectivity index (χ0) is 15.5. The highest BCUT2D eigenvalue weighted by atomic mass is 19.4. The van der Waals surface area contributed by atoms with E-state index in [4.69, 9.17) is 4.74 Å². The number of anilines is 1. The van der Waals surface area contributed by atoms with E-state index in [0.717, 1.165) is 17.2 Å². The lowest BCUT2D eigenvalue weighted by atomic mass is 10.1. The lowest BCUT2D eigenvalue weighted by Crippen LogP contribution is -2.11. The predicted octanol–water partition coefficient (Wildman–Crippen LogP) is 4.63. The van der Waals surface area contributed by atoms with Crippen LogP contribution in [0.15, 0.2) is 42.5 Å². The molecule has 5 heteroatoms. The van der Waals surface area contributed by atoms with E-state index in [1.54, 1.807) is 6.07 Å². The lowest BCUT2D eigenvalue weighted by molar-refractivity contribution is -0.136. The Morgan fingerprint density at radius 2 is 1.81 bits per heavy atom. The number of aryl methyl sites for hydroxylation is 1. The van der Waals surface area contributed by atoms with E-state index in [1.165, 1.54) is 19.2 Å². The molecule has 0 atom stereocenters. The van der Waals surface area contributed by atoms with Gasteiger partial charge in [0.15, 0.2) is 0 Å². The summed E-state index contributed by atoms with van der Waals surface area (Å²) in [5, 5.41) is 2.84. The van der Waals surface area contributed by atoms with Gasteiger partial charge < -0.3 is 10.1 Å². The highest BCUT2D eigenvalue weighted by Crippen LogP contribution is 2.35. The summed E-state index contributed by atoms with van der Waals surface area (Å²) in [7, 11) is 1.54. The van der Waals surface area contributed by atoms with E-state index in [1.807, 2.05) is 25.1 Å². The molecule has 0 aliphatic carbocycles. The standard InChI is InChI=1S/C16H16F3NO/c1-11-7-8-15(21-2)12(9-11)10-20-14-6-4-3-5-13(14)16(17,18)19/h3-9,20H,10H2,1-2H3. The smallest absolute Gasteiger partial charge is 0.418 e. The van der Waals surface area contributed by atoms with Crippen LogP contribution in [0.5, 0.6) is 5.75 Å². The minimum Gasteiger partial charge on any atom is -0.496 e. The molecule has 2 nitrogen and oxygen atoms in total. The van der Waals surface area contributed by atoms with Gasteiger partial charge >= 0.3 is 6.18 Å². The number of hydrogen-bond acceptors (Lipinski definition) is 2. The average Bonchev–Trinajstić information content (AvgIpc) is 2.44. The Bertz CT molecular complexity index is 623. The summed E-state index contributed by atoms with van der Waals surface area (Å²) in [6.45, 7) is 2.19. The van der Waals surface area contributed by atoms with Crippen LogP contribution in [0.25, 0.3) is 0 Å². The molecule has 0 heterocycles. The largest absolute Gasteiger partial charge is 0.496 e. The Morgan fingerprint density at radius 1 is 1.10 bits per heavy atom. The van der Waals surface area contributed by atoms with Gasteiger partial charge in [-0.25, -0.2) is 0 Å². The summed E-state index contributed by atoms with van der Waals surface area (Å²) in [4.78, 5) is 0. The van der Waals surface area contributed by atoms with Gasteiger partial charge in [-0.2, -0.15) is 13.2 Å². The first-order valence-electron chi connectivity index (χ1n) is 6.45. The average molecular weight is 295 g/mol. The molecule has 0 aromatic heterocycles. The van der Waals surface area contributed by atoms with E-state index < -0.39 is 11.7 Å². The van der Waals surface area contributed by atoms with E-state index in [-0.39, 0.29) is 12.2 Å². The van der Waals surface area contributed by atoms with Crippen molar-refractivity contribution in [1.82, 2.24) is 0 Å². The van der Waals surface area contributed by atoms with Crippen LogP contribution in [0.4, 0.5) is 18.9 Å². The molecule has 2 aromatic carbocycles. The zero-order valence-electron chi connectivity index (χ0n) is 11.8. The summed E-state index contributed by atoms with van der Waals surface area (Å²) in [5.74, 6) is 0.651. The zero-order valence-corrected chi connectivity index (χ0v) is 11.8. The van der Waals surface area contributed by atoms with Gasteiger partial charge in [0.2, 0.25) is 0 Å². The SMILES string of the molecule is COc1ccc(C)cc1CNc1ccccc1C(F)(F)F. The van der Waals surface area contributed by atoms with E-state index in [9.17, 15) is 13.2 Å². The number of methoxy groups -OCH3 is 1. The molecular formula is C16H16F3NO. The molecule has 2 rings (SSSR count). The molecule has 0 fully saturated rings. The molecule has 0 aliphatic rings. The van der Waals surface area contributed by atoms with Crippen LogP contribution in [0.3, 0.4) is 0 Å². The number of halogens is 3. The molecule has 0 radical (unpaired) electrons. The summed E-state index contributed by atoms with van der Waals surface area (Å²) < 4.78 is 44.0. The second kappa shape index (κ2) is 6.08. The summed E-state index contributed by atoms with van der Waals surface area (Å²) in [5.41, 5.74) is 1.23. The monoisotopic (exact) mass is 295 g/mol. The fourth-order valence-electron chi connectivity index (χ4n) is 2.12. The van der Waals surface area contributed by atoms with Crippen molar-refractivity contribution in [1.29, 1.82) is 0 Å². The molecule has 0 saturated carbocycles. The van der Waals surface area contributed by atoms with Gasteiger partial charge in [-0.15, -0.1) is 0 Å². The molecule has 0 amide bonds. The van der Waals surface area contributed by atoms with E-state index >= 15 is 0 Å².